The zero-order chi connectivity index (χ0) is 16.8. The largest absolute Gasteiger partial charge is 0.354 e. The summed E-state index contributed by atoms with van der Waals surface area (Å²) in [6.07, 6.45) is 4.72. The number of rotatable bonds is 7. The third-order valence-corrected chi connectivity index (χ3v) is 3.75. The van der Waals surface area contributed by atoms with Crippen molar-refractivity contribution in [3.63, 3.8) is 0 Å². The van der Waals surface area contributed by atoms with E-state index in [0.29, 0.717) is 6.54 Å². The minimum absolute atomic E-state index is 0.0391. The Morgan fingerprint density at radius 1 is 1.30 bits per heavy atom. The quantitative estimate of drug-likeness (QED) is 0.798. The fraction of sp³-hybridized carbons (Fsp3) is 0.444. The van der Waals surface area contributed by atoms with Gasteiger partial charge in [-0.2, -0.15) is 5.10 Å². The molecule has 2 aromatic rings. The number of carbonyl (C=O) groups is 1. The van der Waals surface area contributed by atoms with Crippen molar-refractivity contribution in [2.75, 3.05) is 20.6 Å². The van der Waals surface area contributed by atoms with Crippen LogP contribution < -0.4 is 5.32 Å². The Kier molecular flexibility index (Phi) is 5.93. The number of likely N-dealkylation sites (N-methyl/N-ethyl adjacent to an activating group) is 1. The van der Waals surface area contributed by atoms with E-state index in [1.807, 2.05) is 68.1 Å². The number of carbonyl (C=O) groups excluding carboxylic acids is 1. The number of amides is 1. The van der Waals surface area contributed by atoms with E-state index in [9.17, 15) is 4.79 Å². The first kappa shape index (κ1) is 17.2. The van der Waals surface area contributed by atoms with Gasteiger partial charge in [-0.15, -0.1) is 0 Å². The van der Waals surface area contributed by atoms with E-state index in [-0.39, 0.29) is 11.9 Å². The first-order chi connectivity index (χ1) is 11.0. The monoisotopic (exact) mass is 314 g/mol. The second-order valence-corrected chi connectivity index (χ2v) is 6.21. The number of nitrogens with one attached hydrogen (secondary N) is 1. The maximum atomic E-state index is 12.5. The average Bonchev–Trinajstić information content (AvgIpc) is 2.89. The molecule has 23 heavy (non-hydrogen) atoms. The molecule has 0 radical (unpaired) electrons. The first-order valence-electron chi connectivity index (χ1n) is 7.97. The zero-order valence-electron chi connectivity index (χ0n) is 14.4. The lowest BCUT2D eigenvalue weighted by Gasteiger charge is -2.24. The van der Waals surface area contributed by atoms with E-state index in [2.05, 4.69) is 16.5 Å². The van der Waals surface area contributed by atoms with Crippen LogP contribution >= 0.6 is 0 Å². The van der Waals surface area contributed by atoms with Gasteiger partial charge >= 0.3 is 0 Å². The second-order valence-electron chi connectivity index (χ2n) is 6.21. The molecule has 1 atom stereocenters. The van der Waals surface area contributed by atoms with Gasteiger partial charge in [0.15, 0.2) is 0 Å². The molecule has 1 heterocycles. The van der Waals surface area contributed by atoms with E-state index in [4.69, 9.17) is 0 Å². The average molecular weight is 314 g/mol. The third-order valence-electron chi connectivity index (χ3n) is 3.75. The summed E-state index contributed by atoms with van der Waals surface area (Å²) in [5.41, 5.74) is 3.34. The molecule has 5 heteroatoms. The van der Waals surface area contributed by atoms with Gasteiger partial charge in [-0.05, 0) is 45.5 Å². The Morgan fingerprint density at radius 2 is 2.09 bits per heavy atom. The van der Waals surface area contributed by atoms with Gasteiger partial charge in [0, 0.05) is 19.3 Å². The van der Waals surface area contributed by atoms with Crippen molar-refractivity contribution < 1.29 is 4.79 Å². The Hall–Kier alpha value is -2.14. The third kappa shape index (κ3) is 4.93. The van der Waals surface area contributed by atoms with Crippen molar-refractivity contribution in [1.29, 1.82) is 0 Å². The molecule has 0 unspecified atom stereocenters. The smallest absolute Gasteiger partial charge is 0.241 e. The van der Waals surface area contributed by atoms with Gasteiger partial charge in [0.2, 0.25) is 5.91 Å². The molecule has 1 aromatic heterocycles. The highest BCUT2D eigenvalue weighted by Crippen LogP contribution is 2.19. The van der Waals surface area contributed by atoms with Crippen LogP contribution in [0, 0.1) is 13.8 Å². The highest BCUT2D eigenvalue weighted by molar-refractivity contribution is 5.83. The molecule has 1 N–H and O–H groups in total. The fourth-order valence-electron chi connectivity index (χ4n) is 2.66. The Balaban J connectivity index is 1.88. The van der Waals surface area contributed by atoms with Crippen LogP contribution in [0.3, 0.4) is 0 Å². The summed E-state index contributed by atoms with van der Waals surface area (Å²) in [7, 11) is 3.86. The number of hydrogen-bond donors (Lipinski definition) is 1. The van der Waals surface area contributed by atoms with E-state index in [1.54, 1.807) is 0 Å². The van der Waals surface area contributed by atoms with Crippen molar-refractivity contribution in [2.45, 2.75) is 32.9 Å². The molecular weight excluding hydrogens is 288 g/mol. The van der Waals surface area contributed by atoms with Gasteiger partial charge in [0.1, 0.15) is 6.04 Å². The van der Waals surface area contributed by atoms with Crippen LogP contribution in [0.5, 0.6) is 0 Å². The first-order valence-corrected chi connectivity index (χ1v) is 7.97. The van der Waals surface area contributed by atoms with Crippen molar-refractivity contribution in [2.24, 2.45) is 0 Å². The molecule has 0 fully saturated rings. The van der Waals surface area contributed by atoms with Crippen molar-refractivity contribution in [3.05, 3.63) is 53.3 Å². The van der Waals surface area contributed by atoms with Gasteiger partial charge in [-0.3, -0.25) is 14.4 Å². The molecule has 0 aliphatic carbocycles. The number of aromatic nitrogens is 2. The summed E-state index contributed by atoms with van der Waals surface area (Å²) < 4.78 is 1.91. The zero-order valence-corrected chi connectivity index (χ0v) is 14.4. The summed E-state index contributed by atoms with van der Waals surface area (Å²) in [5.74, 6) is 0.0391. The van der Waals surface area contributed by atoms with Gasteiger partial charge in [0.05, 0.1) is 6.20 Å². The second kappa shape index (κ2) is 7.92. The fourth-order valence-corrected chi connectivity index (χ4v) is 2.66. The topological polar surface area (TPSA) is 50.2 Å². The molecule has 0 bridgehead atoms. The number of benzene rings is 1. The summed E-state index contributed by atoms with van der Waals surface area (Å²) in [5, 5.41) is 7.29. The van der Waals surface area contributed by atoms with E-state index in [0.717, 1.165) is 29.7 Å². The van der Waals surface area contributed by atoms with Gasteiger partial charge in [-0.1, -0.05) is 29.8 Å². The minimum atomic E-state index is -0.262. The summed E-state index contributed by atoms with van der Waals surface area (Å²) >= 11 is 0. The molecule has 5 nitrogen and oxygen atoms in total. The molecule has 1 aromatic carbocycles. The Labute approximate surface area is 138 Å². The van der Waals surface area contributed by atoms with Crippen LogP contribution in [0.1, 0.15) is 29.2 Å². The number of hydrogen-bond acceptors (Lipinski definition) is 3. The van der Waals surface area contributed by atoms with Crippen molar-refractivity contribution >= 4 is 5.91 Å². The Bertz CT molecular complexity index is 648. The van der Waals surface area contributed by atoms with Crippen LogP contribution in [-0.4, -0.2) is 41.2 Å². The number of aryl methyl sites for hydroxylation is 3. The maximum Gasteiger partial charge on any atom is 0.241 e. The van der Waals surface area contributed by atoms with Gasteiger partial charge in [-0.25, -0.2) is 0 Å². The Morgan fingerprint density at radius 3 is 2.70 bits per heavy atom. The molecule has 0 spiro atoms. The van der Waals surface area contributed by atoms with Crippen LogP contribution in [0.2, 0.25) is 0 Å². The molecule has 2 rings (SSSR count). The van der Waals surface area contributed by atoms with Crippen LogP contribution in [0.15, 0.2) is 36.7 Å². The molecule has 0 saturated heterocycles. The molecule has 0 aliphatic heterocycles. The molecule has 0 aliphatic rings. The molecule has 1 amide bonds. The predicted molar refractivity (Wildman–Crippen MR) is 92.2 cm³/mol. The summed E-state index contributed by atoms with van der Waals surface area (Å²) in [6, 6.07) is 7.84. The summed E-state index contributed by atoms with van der Waals surface area (Å²) in [4.78, 5) is 14.5. The van der Waals surface area contributed by atoms with Crippen LogP contribution in [0.4, 0.5) is 0 Å². The lowest BCUT2D eigenvalue weighted by molar-refractivity contribution is -0.125. The number of nitrogens with zero attached hydrogens (tertiary/aromatic N) is 3. The van der Waals surface area contributed by atoms with E-state index >= 15 is 0 Å². The van der Waals surface area contributed by atoms with E-state index in [1.165, 1.54) is 0 Å². The SMILES string of the molecule is Cc1cccc([C@H](C(=O)NCCCn2cc(C)cn2)N(C)C)c1. The van der Waals surface area contributed by atoms with Gasteiger partial charge in [0.25, 0.3) is 0 Å². The maximum absolute atomic E-state index is 12.5. The minimum Gasteiger partial charge on any atom is -0.354 e. The van der Waals surface area contributed by atoms with Crippen molar-refractivity contribution in [1.82, 2.24) is 20.0 Å². The predicted octanol–water partition coefficient (Wildman–Crippen LogP) is 2.31. The highest BCUT2D eigenvalue weighted by Gasteiger charge is 2.22. The standard InChI is InChI=1S/C18H26N4O/c1-14-7-5-8-16(11-14)17(21(3)4)18(23)19-9-6-10-22-13-15(2)12-20-22/h5,7-8,11-13,17H,6,9-10H2,1-4H3,(H,19,23)/t17-/m1/s1. The van der Waals surface area contributed by atoms with Crippen LogP contribution in [0.25, 0.3) is 0 Å². The van der Waals surface area contributed by atoms with Gasteiger partial charge < -0.3 is 5.32 Å². The van der Waals surface area contributed by atoms with Crippen molar-refractivity contribution in [3.8, 4) is 0 Å². The normalized spacial score (nSPS) is 12.4. The van der Waals surface area contributed by atoms with Crippen LogP contribution in [-0.2, 0) is 11.3 Å². The lowest BCUT2D eigenvalue weighted by atomic mass is 10.0. The lowest BCUT2D eigenvalue weighted by Crippen LogP contribution is -2.37. The molecule has 0 saturated carbocycles. The highest BCUT2D eigenvalue weighted by atomic mass is 16.2. The molecular formula is C18H26N4O. The summed E-state index contributed by atoms with van der Waals surface area (Å²) in [6.45, 7) is 5.52. The van der Waals surface area contributed by atoms with E-state index < -0.39 is 0 Å². The molecule has 124 valence electrons.